The molecular weight excluding hydrogens is 378 g/mol. The van der Waals surface area contributed by atoms with Crippen LogP contribution in [0.15, 0.2) is 60.7 Å². The van der Waals surface area contributed by atoms with Crippen LogP contribution in [0.1, 0.15) is 33.6 Å². The fourth-order valence-corrected chi connectivity index (χ4v) is 9.67. The number of carboxylic acid groups (broad SMARTS) is 1. The van der Waals surface area contributed by atoms with E-state index in [0.717, 1.165) is 6.42 Å². The summed E-state index contributed by atoms with van der Waals surface area (Å²) in [6.45, 7) is 7.89. The normalized spacial score (nSPS) is 24.1. The lowest BCUT2D eigenvalue weighted by Gasteiger charge is -2.45. The van der Waals surface area contributed by atoms with Gasteiger partial charge in [-0.15, -0.1) is 0 Å². The molecule has 3 atom stereocenters. The molecule has 0 aromatic heterocycles. The summed E-state index contributed by atoms with van der Waals surface area (Å²) in [5, 5.41) is 12.1. The van der Waals surface area contributed by atoms with Crippen LogP contribution in [0.5, 0.6) is 0 Å². The average molecular weight is 410 g/mol. The van der Waals surface area contributed by atoms with E-state index in [0.29, 0.717) is 25.0 Å². The molecule has 1 heterocycles. The number of likely N-dealkylation sites (tertiary alicyclic amines) is 1. The van der Waals surface area contributed by atoms with E-state index in [-0.39, 0.29) is 11.1 Å². The highest BCUT2D eigenvalue weighted by Crippen LogP contribution is 2.47. The van der Waals surface area contributed by atoms with Crippen molar-refractivity contribution in [1.29, 1.82) is 0 Å². The molecule has 1 saturated carbocycles. The predicted octanol–water partition coefficient (Wildman–Crippen LogP) is 3.95. The number of piperidine rings is 1. The molecule has 2 aromatic carbocycles. The maximum atomic E-state index is 11.9. The van der Waals surface area contributed by atoms with Gasteiger partial charge in [0, 0.05) is 6.54 Å². The Bertz CT molecular complexity index is 810. The zero-order chi connectivity index (χ0) is 20.6. The van der Waals surface area contributed by atoms with Gasteiger partial charge < -0.3 is 14.4 Å². The molecule has 2 aromatic rings. The highest BCUT2D eigenvalue weighted by atomic mass is 28.4. The first-order valence-electron chi connectivity index (χ1n) is 10.6. The summed E-state index contributed by atoms with van der Waals surface area (Å²) in [5.41, 5.74) is 0. The minimum Gasteiger partial charge on any atom is -0.465 e. The third-order valence-electron chi connectivity index (χ3n) is 6.67. The minimum atomic E-state index is -2.63. The molecule has 154 valence electrons. The minimum absolute atomic E-state index is 0.0575. The summed E-state index contributed by atoms with van der Waals surface area (Å²) in [6, 6.07) is 21.0. The van der Waals surface area contributed by atoms with Gasteiger partial charge in [0.25, 0.3) is 8.32 Å². The van der Waals surface area contributed by atoms with E-state index < -0.39 is 14.4 Å². The SMILES string of the molecule is CC(C)(C)[Si](OCC1CC2CC2CN1C(=O)O)(c1ccccc1)c1ccccc1. The number of carbonyl (C=O) groups is 1. The summed E-state index contributed by atoms with van der Waals surface area (Å²) in [4.78, 5) is 13.5. The smallest absolute Gasteiger partial charge is 0.407 e. The summed E-state index contributed by atoms with van der Waals surface area (Å²) in [5.74, 6) is 1.24. The van der Waals surface area contributed by atoms with Crippen LogP contribution in [0.4, 0.5) is 4.79 Å². The van der Waals surface area contributed by atoms with E-state index in [4.69, 9.17) is 4.43 Å². The number of rotatable bonds is 5. The topological polar surface area (TPSA) is 49.8 Å². The van der Waals surface area contributed by atoms with Crippen LogP contribution in [-0.2, 0) is 4.43 Å². The van der Waals surface area contributed by atoms with Crippen LogP contribution in [-0.4, -0.2) is 43.6 Å². The predicted molar refractivity (Wildman–Crippen MR) is 118 cm³/mol. The number of fused-ring (bicyclic) bond motifs is 1. The molecule has 1 amide bonds. The first-order chi connectivity index (χ1) is 13.8. The summed E-state index contributed by atoms with van der Waals surface area (Å²) < 4.78 is 6.99. The Balaban J connectivity index is 1.71. The van der Waals surface area contributed by atoms with Gasteiger partial charge in [0.05, 0.1) is 12.6 Å². The zero-order valence-corrected chi connectivity index (χ0v) is 18.5. The molecule has 5 heteroatoms. The summed E-state index contributed by atoms with van der Waals surface area (Å²) in [6.07, 6.45) is 1.28. The molecule has 2 fully saturated rings. The largest absolute Gasteiger partial charge is 0.465 e. The molecule has 0 bridgehead atoms. The second kappa shape index (κ2) is 7.61. The molecule has 1 aliphatic carbocycles. The molecule has 3 unspecified atom stereocenters. The van der Waals surface area contributed by atoms with Crippen LogP contribution in [0.3, 0.4) is 0 Å². The van der Waals surface area contributed by atoms with Crippen molar-refractivity contribution in [3.05, 3.63) is 60.7 Å². The van der Waals surface area contributed by atoms with E-state index >= 15 is 0 Å². The Hall–Kier alpha value is -2.11. The maximum Gasteiger partial charge on any atom is 0.407 e. The van der Waals surface area contributed by atoms with Crippen molar-refractivity contribution < 1.29 is 14.3 Å². The summed E-state index contributed by atoms with van der Waals surface area (Å²) in [7, 11) is -2.63. The maximum absolute atomic E-state index is 11.9. The second-order valence-electron chi connectivity index (χ2n) is 9.55. The first kappa shape index (κ1) is 20.2. The molecule has 0 radical (unpaired) electrons. The Morgan fingerprint density at radius 2 is 1.55 bits per heavy atom. The van der Waals surface area contributed by atoms with Crippen LogP contribution in [0.25, 0.3) is 0 Å². The van der Waals surface area contributed by atoms with Crippen molar-refractivity contribution in [2.24, 2.45) is 11.8 Å². The van der Waals surface area contributed by atoms with Gasteiger partial charge in [-0.2, -0.15) is 0 Å². The molecule has 0 spiro atoms. The third kappa shape index (κ3) is 3.73. The number of hydrogen-bond donors (Lipinski definition) is 1. The van der Waals surface area contributed by atoms with Gasteiger partial charge in [0.1, 0.15) is 0 Å². The molecule has 4 nitrogen and oxygen atoms in total. The van der Waals surface area contributed by atoms with Crippen LogP contribution >= 0.6 is 0 Å². The van der Waals surface area contributed by atoms with E-state index in [1.54, 1.807) is 4.90 Å². The summed E-state index contributed by atoms with van der Waals surface area (Å²) >= 11 is 0. The van der Waals surface area contributed by atoms with Crippen LogP contribution in [0.2, 0.25) is 5.04 Å². The van der Waals surface area contributed by atoms with E-state index in [9.17, 15) is 9.90 Å². The Kier molecular flexibility index (Phi) is 5.30. The lowest BCUT2D eigenvalue weighted by Crippen LogP contribution is -2.67. The average Bonchev–Trinajstić information content (AvgIpc) is 3.47. The number of benzene rings is 2. The highest BCUT2D eigenvalue weighted by Gasteiger charge is 2.52. The lowest BCUT2D eigenvalue weighted by molar-refractivity contribution is 0.0782. The van der Waals surface area contributed by atoms with Crippen molar-refractivity contribution in [3.8, 4) is 0 Å². The van der Waals surface area contributed by atoms with Crippen molar-refractivity contribution in [3.63, 3.8) is 0 Å². The standard InChI is InChI=1S/C24H31NO3Si/c1-24(2,3)29(21-10-6-4-7-11-21,22-12-8-5-9-13-22)28-17-20-15-18-14-19(18)16-25(20)23(26)27/h4-13,18-20H,14-17H2,1-3H3,(H,26,27). The lowest BCUT2D eigenvalue weighted by atomic mass is 10.0. The Morgan fingerprint density at radius 3 is 2.03 bits per heavy atom. The molecule has 1 aliphatic heterocycles. The first-order valence-corrected chi connectivity index (χ1v) is 12.5. The number of nitrogens with zero attached hydrogens (tertiary/aromatic N) is 1. The van der Waals surface area contributed by atoms with Gasteiger partial charge in [-0.1, -0.05) is 81.4 Å². The van der Waals surface area contributed by atoms with Crippen LogP contribution < -0.4 is 10.4 Å². The molecule has 29 heavy (non-hydrogen) atoms. The van der Waals surface area contributed by atoms with Crippen LogP contribution in [0, 0.1) is 11.8 Å². The molecule has 1 saturated heterocycles. The van der Waals surface area contributed by atoms with E-state index in [1.807, 2.05) is 12.1 Å². The molecule has 4 rings (SSSR count). The van der Waals surface area contributed by atoms with Gasteiger partial charge in [0.15, 0.2) is 0 Å². The highest BCUT2D eigenvalue weighted by molar-refractivity contribution is 6.99. The molecule has 2 aliphatic rings. The Labute approximate surface area is 174 Å². The van der Waals surface area contributed by atoms with Gasteiger partial charge >= 0.3 is 6.09 Å². The second-order valence-corrected chi connectivity index (χ2v) is 13.9. The van der Waals surface area contributed by atoms with Crippen molar-refractivity contribution in [1.82, 2.24) is 4.90 Å². The zero-order valence-electron chi connectivity index (χ0n) is 17.5. The van der Waals surface area contributed by atoms with Crippen molar-refractivity contribution >= 4 is 24.8 Å². The molecular formula is C24H31NO3Si. The van der Waals surface area contributed by atoms with Crippen molar-refractivity contribution in [2.45, 2.75) is 44.7 Å². The van der Waals surface area contributed by atoms with Gasteiger partial charge in [-0.3, -0.25) is 0 Å². The van der Waals surface area contributed by atoms with Gasteiger partial charge in [-0.05, 0) is 40.1 Å². The number of amides is 1. The fraction of sp³-hybridized carbons (Fsp3) is 0.458. The third-order valence-corrected chi connectivity index (χ3v) is 11.7. The molecule has 1 N–H and O–H groups in total. The van der Waals surface area contributed by atoms with Crippen molar-refractivity contribution in [2.75, 3.05) is 13.2 Å². The van der Waals surface area contributed by atoms with Gasteiger partial charge in [-0.25, -0.2) is 4.79 Å². The van der Waals surface area contributed by atoms with E-state index in [1.165, 1.54) is 16.8 Å². The van der Waals surface area contributed by atoms with Gasteiger partial charge in [0.2, 0.25) is 0 Å². The fourth-order valence-electron chi connectivity index (χ4n) is 5.08. The monoisotopic (exact) mass is 409 g/mol. The number of hydrogen-bond acceptors (Lipinski definition) is 2. The quantitative estimate of drug-likeness (QED) is 0.761. The Morgan fingerprint density at radius 1 is 1.00 bits per heavy atom. The van der Waals surface area contributed by atoms with E-state index in [2.05, 4.69) is 69.3 Å².